The Labute approximate surface area is 93.0 Å². The van der Waals surface area contributed by atoms with Gasteiger partial charge in [0.2, 0.25) is 0 Å². The van der Waals surface area contributed by atoms with Crippen LogP contribution in [0, 0.1) is 6.92 Å². The molecule has 0 saturated heterocycles. The van der Waals surface area contributed by atoms with Gasteiger partial charge in [-0.25, -0.2) is 4.79 Å². The van der Waals surface area contributed by atoms with Crippen LogP contribution in [0.3, 0.4) is 0 Å². The third kappa shape index (κ3) is 1.84. The number of fused-ring (bicyclic) bond motifs is 1. The molecule has 0 aliphatic rings. The smallest absolute Gasteiger partial charge is 0.339 e. The van der Waals surface area contributed by atoms with Gasteiger partial charge in [-0.1, -0.05) is 24.8 Å². The van der Waals surface area contributed by atoms with Gasteiger partial charge in [-0.15, -0.1) is 0 Å². The van der Waals surface area contributed by atoms with Crippen molar-refractivity contribution in [3.8, 4) is 5.75 Å². The fraction of sp³-hybridized carbons (Fsp3) is 0.154. The number of ether oxygens (including phenoxy) is 1. The van der Waals surface area contributed by atoms with E-state index in [4.69, 9.17) is 9.15 Å². The van der Waals surface area contributed by atoms with E-state index in [1.807, 2.05) is 25.1 Å². The normalized spacial score (nSPS) is 10.3. The predicted octanol–water partition coefficient (Wildman–Crippen LogP) is 2.67. The van der Waals surface area contributed by atoms with E-state index in [2.05, 4.69) is 6.58 Å². The molecule has 0 saturated carbocycles. The maximum atomic E-state index is 11.3. The third-order valence-electron chi connectivity index (χ3n) is 2.29. The zero-order valence-electron chi connectivity index (χ0n) is 9.03. The Balaban J connectivity index is 2.68. The first-order chi connectivity index (χ1) is 7.72. The molecule has 1 aromatic heterocycles. The van der Waals surface area contributed by atoms with Crippen molar-refractivity contribution in [1.82, 2.24) is 0 Å². The van der Waals surface area contributed by atoms with Crippen LogP contribution < -0.4 is 10.4 Å². The van der Waals surface area contributed by atoms with Crippen LogP contribution in [0.15, 0.2) is 46.1 Å². The molecule has 0 fully saturated rings. The summed E-state index contributed by atoms with van der Waals surface area (Å²) in [6.07, 6.45) is 1.64. The molecule has 2 aromatic rings. The Morgan fingerprint density at radius 1 is 1.50 bits per heavy atom. The minimum absolute atomic E-state index is 0.368. The van der Waals surface area contributed by atoms with E-state index < -0.39 is 5.63 Å². The maximum absolute atomic E-state index is 11.3. The van der Waals surface area contributed by atoms with Crippen molar-refractivity contribution in [3.05, 3.63) is 52.9 Å². The monoisotopic (exact) mass is 216 g/mol. The van der Waals surface area contributed by atoms with Crippen molar-refractivity contribution in [2.45, 2.75) is 6.92 Å². The maximum Gasteiger partial charge on any atom is 0.339 e. The van der Waals surface area contributed by atoms with Crippen LogP contribution in [0.2, 0.25) is 0 Å². The highest BCUT2D eigenvalue weighted by atomic mass is 16.5. The molecule has 0 aliphatic carbocycles. The molecule has 0 atom stereocenters. The van der Waals surface area contributed by atoms with Crippen molar-refractivity contribution < 1.29 is 9.15 Å². The lowest BCUT2D eigenvalue weighted by Gasteiger charge is -2.07. The Kier molecular flexibility index (Phi) is 2.77. The zero-order valence-corrected chi connectivity index (χ0v) is 9.03. The average Bonchev–Trinajstić information content (AvgIpc) is 2.27. The number of benzene rings is 1. The molecule has 0 aliphatic heterocycles. The van der Waals surface area contributed by atoms with Crippen molar-refractivity contribution in [3.63, 3.8) is 0 Å². The topological polar surface area (TPSA) is 39.4 Å². The highest BCUT2D eigenvalue weighted by molar-refractivity contribution is 5.85. The summed E-state index contributed by atoms with van der Waals surface area (Å²) in [6.45, 7) is 5.83. The number of rotatable bonds is 3. The van der Waals surface area contributed by atoms with Crippen molar-refractivity contribution >= 4 is 11.0 Å². The summed E-state index contributed by atoms with van der Waals surface area (Å²) in [5.41, 5.74) is 1.09. The summed E-state index contributed by atoms with van der Waals surface area (Å²) >= 11 is 0. The van der Waals surface area contributed by atoms with Crippen LogP contribution in [0.1, 0.15) is 5.56 Å². The van der Waals surface area contributed by atoms with Crippen LogP contribution in [0.5, 0.6) is 5.75 Å². The van der Waals surface area contributed by atoms with Gasteiger partial charge in [-0.2, -0.15) is 0 Å². The van der Waals surface area contributed by atoms with Gasteiger partial charge in [-0.3, -0.25) is 0 Å². The van der Waals surface area contributed by atoms with Crippen LogP contribution in [0.25, 0.3) is 11.0 Å². The molecule has 3 nitrogen and oxygen atoms in total. The lowest BCUT2D eigenvalue weighted by Crippen LogP contribution is -2.02. The first kappa shape index (κ1) is 10.5. The predicted molar refractivity (Wildman–Crippen MR) is 62.9 cm³/mol. The second-order valence-corrected chi connectivity index (χ2v) is 3.48. The molecule has 3 heteroatoms. The fourth-order valence-corrected chi connectivity index (χ4v) is 1.56. The number of aryl methyl sites for hydroxylation is 1. The SMILES string of the molecule is C=CCOc1cc(=O)oc2c(C)cccc12. The molecule has 1 heterocycles. The van der Waals surface area contributed by atoms with Gasteiger partial charge < -0.3 is 9.15 Å². The van der Waals surface area contributed by atoms with Gasteiger partial charge in [-0.05, 0) is 18.6 Å². The second kappa shape index (κ2) is 4.23. The van der Waals surface area contributed by atoms with E-state index in [1.54, 1.807) is 6.08 Å². The quantitative estimate of drug-likeness (QED) is 0.585. The van der Waals surface area contributed by atoms with Crippen LogP contribution >= 0.6 is 0 Å². The molecule has 16 heavy (non-hydrogen) atoms. The Hall–Kier alpha value is -2.03. The molecule has 0 amide bonds. The van der Waals surface area contributed by atoms with Gasteiger partial charge in [0.05, 0.1) is 11.5 Å². The second-order valence-electron chi connectivity index (χ2n) is 3.48. The average molecular weight is 216 g/mol. The number of para-hydroxylation sites is 1. The zero-order chi connectivity index (χ0) is 11.5. The lowest BCUT2D eigenvalue weighted by molar-refractivity contribution is 0.363. The van der Waals surface area contributed by atoms with Gasteiger partial charge in [0, 0.05) is 0 Å². The number of hydrogen-bond donors (Lipinski definition) is 0. The Bertz CT molecular complexity index is 581. The van der Waals surface area contributed by atoms with E-state index in [0.717, 1.165) is 10.9 Å². The standard InChI is InChI=1S/C13H12O3/c1-3-7-15-11-8-12(14)16-13-9(2)5-4-6-10(11)13/h3-6,8H,1,7H2,2H3. The summed E-state index contributed by atoms with van der Waals surface area (Å²) in [4.78, 5) is 11.3. The number of hydrogen-bond acceptors (Lipinski definition) is 3. The molecule has 2 rings (SSSR count). The molecule has 0 spiro atoms. The van der Waals surface area contributed by atoms with Crippen LogP contribution in [0.4, 0.5) is 0 Å². The Morgan fingerprint density at radius 2 is 2.31 bits per heavy atom. The molecular weight excluding hydrogens is 204 g/mol. The fourth-order valence-electron chi connectivity index (χ4n) is 1.56. The van der Waals surface area contributed by atoms with Gasteiger partial charge in [0.15, 0.2) is 0 Å². The molecule has 0 radical (unpaired) electrons. The molecule has 0 N–H and O–H groups in total. The van der Waals surface area contributed by atoms with Crippen LogP contribution in [-0.4, -0.2) is 6.61 Å². The molecular formula is C13H12O3. The van der Waals surface area contributed by atoms with Crippen molar-refractivity contribution in [2.24, 2.45) is 0 Å². The first-order valence-corrected chi connectivity index (χ1v) is 4.99. The largest absolute Gasteiger partial charge is 0.489 e. The van der Waals surface area contributed by atoms with Gasteiger partial charge in [0.1, 0.15) is 17.9 Å². The lowest BCUT2D eigenvalue weighted by atomic mass is 10.1. The van der Waals surface area contributed by atoms with E-state index >= 15 is 0 Å². The van der Waals surface area contributed by atoms with E-state index in [1.165, 1.54) is 6.07 Å². The van der Waals surface area contributed by atoms with E-state index in [9.17, 15) is 4.79 Å². The van der Waals surface area contributed by atoms with Gasteiger partial charge >= 0.3 is 5.63 Å². The van der Waals surface area contributed by atoms with E-state index in [0.29, 0.717) is 17.9 Å². The highest BCUT2D eigenvalue weighted by Gasteiger charge is 2.07. The Morgan fingerprint density at radius 3 is 3.06 bits per heavy atom. The summed E-state index contributed by atoms with van der Waals surface area (Å²) in [7, 11) is 0. The third-order valence-corrected chi connectivity index (χ3v) is 2.29. The molecule has 0 unspecified atom stereocenters. The van der Waals surface area contributed by atoms with Crippen molar-refractivity contribution in [2.75, 3.05) is 6.61 Å². The van der Waals surface area contributed by atoms with E-state index in [-0.39, 0.29) is 0 Å². The summed E-state index contributed by atoms with van der Waals surface area (Å²) < 4.78 is 10.6. The molecule has 0 bridgehead atoms. The highest BCUT2D eigenvalue weighted by Crippen LogP contribution is 2.25. The van der Waals surface area contributed by atoms with Crippen molar-refractivity contribution in [1.29, 1.82) is 0 Å². The molecule has 82 valence electrons. The van der Waals surface area contributed by atoms with Crippen LogP contribution in [-0.2, 0) is 0 Å². The summed E-state index contributed by atoms with van der Waals surface area (Å²) in [6, 6.07) is 7.01. The summed E-state index contributed by atoms with van der Waals surface area (Å²) in [5.74, 6) is 0.537. The minimum Gasteiger partial charge on any atom is -0.489 e. The van der Waals surface area contributed by atoms with Gasteiger partial charge in [0.25, 0.3) is 0 Å². The summed E-state index contributed by atoms with van der Waals surface area (Å²) in [5, 5.41) is 0.807. The molecule has 1 aromatic carbocycles. The minimum atomic E-state index is -0.402. The first-order valence-electron chi connectivity index (χ1n) is 4.99.